The third-order valence-corrected chi connectivity index (χ3v) is 3.21. The maximum atomic E-state index is 9.84. The van der Waals surface area contributed by atoms with E-state index >= 15 is 0 Å². The third kappa shape index (κ3) is 2.22. The van der Waals surface area contributed by atoms with Crippen LogP contribution in [-0.2, 0) is 4.74 Å². The molecule has 1 heterocycles. The van der Waals surface area contributed by atoms with Gasteiger partial charge >= 0.3 is 0 Å². The molecule has 1 aliphatic heterocycles. The van der Waals surface area contributed by atoms with Gasteiger partial charge in [0.2, 0.25) is 0 Å². The van der Waals surface area contributed by atoms with Gasteiger partial charge in [-0.3, -0.25) is 4.90 Å². The molecule has 3 nitrogen and oxygen atoms in total. The van der Waals surface area contributed by atoms with E-state index in [1.165, 1.54) is 19.3 Å². The Labute approximate surface area is 79.7 Å². The first kappa shape index (κ1) is 9.44. The normalized spacial score (nSPS) is 37.6. The Morgan fingerprint density at radius 1 is 1.08 bits per heavy atom. The molecule has 2 atom stereocenters. The van der Waals surface area contributed by atoms with Crippen molar-refractivity contribution in [2.45, 2.75) is 37.8 Å². The summed E-state index contributed by atoms with van der Waals surface area (Å²) in [5, 5.41) is 9.84. The van der Waals surface area contributed by atoms with Crippen LogP contribution in [0.2, 0.25) is 0 Å². The number of aliphatic hydroxyl groups is 1. The monoisotopic (exact) mass is 185 g/mol. The van der Waals surface area contributed by atoms with Crippen molar-refractivity contribution in [3.63, 3.8) is 0 Å². The Morgan fingerprint density at radius 3 is 2.46 bits per heavy atom. The predicted octanol–water partition coefficient (Wildman–Crippen LogP) is 0.622. The van der Waals surface area contributed by atoms with Crippen LogP contribution in [0.15, 0.2) is 0 Å². The lowest BCUT2D eigenvalue weighted by molar-refractivity contribution is -0.0357. The fourth-order valence-electron chi connectivity index (χ4n) is 2.43. The number of rotatable bonds is 1. The molecule has 13 heavy (non-hydrogen) atoms. The lowest BCUT2D eigenvalue weighted by Gasteiger charge is -2.39. The molecule has 2 aliphatic rings. The highest BCUT2D eigenvalue weighted by molar-refractivity contribution is 4.83. The largest absolute Gasteiger partial charge is 0.391 e. The Balaban J connectivity index is 1.88. The van der Waals surface area contributed by atoms with Gasteiger partial charge in [-0.05, 0) is 12.8 Å². The molecule has 1 saturated carbocycles. The molecule has 0 aromatic heterocycles. The molecular formula is C10H19NO2. The molecule has 0 aromatic rings. The molecular weight excluding hydrogens is 166 g/mol. The fourth-order valence-corrected chi connectivity index (χ4v) is 2.43. The highest BCUT2D eigenvalue weighted by Gasteiger charge is 2.29. The van der Waals surface area contributed by atoms with Crippen LogP contribution in [-0.4, -0.2) is 48.5 Å². The Hall–Kier alpha value is -0.120. The van der Waals surface area contributed by atoms with Gasteiger partial charge in [0.25, 0.3) is 0 Å². The van der Waals surface area contributed by atoms with Crippen LogP contribution < -0.4 is 0 Å². The average molecular weight is 185 g/mol. The molecule has 0 radical (unpaired) electrons. The van der Waals surface area contributed by atoms with Crippen molar-refractivity contribution >= 4 is 0 Å². The van der Waals surface area contributed by atoms with Crippen molar-refractivity contribution in [1.82, 2.24) is 4.90 Å². The zero-order chi connectivity index (χ0) is 9.10. The van der Waals surface area contributed by atoms with Crippen molar-refractivity contribution in [3.8, 4) is 0 Å². The standard InChI is InChI=1S/C10H19NO2/c12-10-4-2-1-3-9(10)11-5-7-13-8-6-11/h9-10,12H,1-8H2. The Kier molecular flexibility index (Phi) is 3.19. The van der Waals surface area contributed by atoms with E-state index in [4.69, 9.17) is 4.74 Å². The minimum absolute atomic E-state index is 0.0909. The van der Waals surface area contributed by atoms with Gasteiger partial charge < -0.3 is 9.84 Å². The molecule has 2 unspecified atom stereocenters. The summed E-state index contributed by atoms with van der Waals surface area (Å²) >= 11 is 0. The van der Waals surface area contributed by atoms with Crippen molar-refractivity contribution in [2.24, 2.45) is 0 Å². The second kappa shape index (κ2) is 4.40. The van der Waals surface area contributed by atoms with E-state index in [-0.39, 0.29) is 6.10 Å². The van der Waals surface area contributed by atoms with E-state index in [0.29, 0.717) is 6.04 Å². The number of aliphatic hydroxyl groups excluding tert-OH is 1. The molecule has 2 rings (SSSR count). The number of hydrogen-bond acceptors (Lipinski definition) is 3. The van der Waals surface area contributed by atoms with Crippen LogP contribution in [0.3, 0.4) is 0 Å². The molecule has 0 amide bonds. The summed E-state index contributed by atoms with van der Waals surface area (Å²) in [6, 6.07) is 0.414. The van der Waals surface area contributed by atoms with Gasteiger partial charge in [0.1, 0.15) is 0 Å². The third-order valence-electron chi connectivity index (χ3n) is 3.21. The van der Waals surface area contributed by atoms with E-state index in [0.717, 1.165) is 32.7 Å². The number of nitrogens with zero attached hydrogens (tertiary/aromatic N) is 1. The SMILES string of the molecule is OC1CCCCC1N1CCOCC1. The van der Waals surface area contributed by atoms with Crippen LogP contribution in [0.25, 0.3) is 0 Å². The highest BCUT2D eigenvalue weighted by Crippen LogP contribution is 2.23. The van der Waals surface area contributed by atoms with Crippen molar-refractivity contribution in [2.75, 3.05) is 26.3 Å². The quantitative estimate of drug-likeness (QED) is 0.650. The fraction of sp³-hybridized carbons (Fsp3) is 1.00. The number of hydrogen-bond donors (Lipinski definition) is 1. The second-order valence-electron chi connectivity index (χ2n) is 4.07. The first-order valence-corrected chi connectivity index (χ1v) is 5.38. The predicted molar refractivity (Wildman–Crippen MR) is 50.7 cm³/mol. The highest BCUT2D eigenvalue weighted by atomic mass is 16.5. The molecule has 2 fully saturated rings. The van der Waals surface area contributed by atoms with E-state index in [1.54, 1.807) is 0 Å². The van der Waals surface area contributed by atoms with Crippen LogP contribution in [0.1, 0.15) is 25.7 Å². The minimum atomic E-state index is -0.0909. The van der Waals surface area contributed by atoms with Gasteiger partial charge in [0.05, 0.1) is 19.3 Å². The first-order chi connectivity index (χ1) is 6.38. The summed E-state index contributed by atoms with van der Waals surface area (Å²) in [4.78, 5) is 2.40. The van der Waals surface area contributed by atoms with Gasteiger partial charge in [-0.1, -0.05) is 12.8 Å². The van der Waals surface area contributed by atoms with Gasteiger partial charge in [0, 0.05) is 19.1 Å². The summed E-state index contributed by atoms with van der Waals surface area (Å²) in [7, 11) is 0. The lowest BCUT2D eigenvalue weighted by atomic mass is 9.91. The van der Waals surface area contributed by atoms with E-state index in [2.05, 4.69) is 4.90 Å². The number of ether oxygens (including phenoxy) is 1. The van der Waals surface area contributed by atoms with E-state index in [9.17, 15) is 5.11 Å². The Bertz CT molecular complexity index is 157. The minimum Gasteiger partial charge on any atom is -0.391 e. The maximum absolute atomic E-state index is 9.84. The van der Waals surface area contributed by atoms with Crippen LogP contribution in [0.4, 0.5) is 0 Å². The summed E-state index contributed by atoms with van der Waals surface area (Å²) < 4.78 is 5.30. The average Bonchev–Trinajstić information content (AvgIpc) is 2.20. The molecule has 1 aliphatic carbocycles. The van der Waals surface area contributed by atoms with Crippen LogP contribution in [0, 0.1) is 0 Å². The van der Waals surface area contributed by atoms with E-state index in [1.807, 2.05) is 0 Å². The first-order valence-electron chi connectivity index (χ1n) is 5.38. The Morgan fingerprint density at radius 2 is 1.77 bits per heavy atom. The van der Waals surface area contributed by atoms with Crippen molar-refractivity contribution in [3.05, 3.63) is 0 Å². The summed E-state index contributed by atoms with van der Waals surface area (Å²) in [5.41, 5.74) is 0. The summed E-state index contributed by atoms with van der Waals surface area (Å²) in [6.07, 6.45) is 4.54. The van der Waals surface area contributed by atoms with Gasteiger partial charge in [-0.2, -0.15) is 0 Å². The molecule has 76 valence electrons. The molecule has 3 heteroatoms. The molecule has 0 aromatic carbocycles. The molecule has 1 N–H and O–H groups in total. The van der Waals surface area contributed by atoms with Crippen molar-refractivity contribution < 1.29 is 9.84 Å². The lowest BCUT2D eigenvalue weighted by Crippen LogP contribution is -2.50. The molecule has 0 spiro atoms. The summed E-state index contributed by atoms with van der Waals surface area (Å²) in [6.45, 7) is 3.68. The zero-order valence-electron chi connectivity index (χ0n) is 8.11. The number of morpholine rings is 1. The van der Waals surface area contributed by atoms with Crippen molar-refractivity contribution in [1.29, 1.82) is 0 Å². The van der Waals surface area contributed by atoms with Gasteiger partial charge in [0.15, 0.2) is 0 Å². The zero-order valence-corrected chi connectivity index (χ0v) is 8.11. The molecule has 0 bridgehead atoms. The summed E-state index contributed by atoms with van der Waals surface area (Å²) in [5.74, 6) is 0. The van der Waals surface area contributed by atoms with Gasteiger partial charge in [-0.25, -0.2) is 0 Å². The smallest absolute Gasteiger partial charge is 0.0695 e. The van der Waals surface area contributed by atoms with E-state index < -0.39 is 0 Å². The molecule has 1 saturated heterocycles. The van der Waals surface area contributed by atoms with Crippen LogP contribution in [0.5, 0.6) is 0 Å². The topological polar surface area (TPSA) is 32.7 Å². The maximum Gasteiger partial charge on any atom is 0.0695 e. The second-order valence-corrected chi connectivity index (χ2v) is 4.07. The van der Waals surface area contributed by atoms with Gasteiger partial charge in [-0.15, -0.1) is 0 Å². The van der Waals surface area contributed by atoms with Crippen LogP contribution >= 0.6 is 0 Å².